The Balaban J connectivity index is 1.56. The molecule has 1 aromatic rings. The molecule has 1 fully saturated rings. The first-order valence-electron chi connectivity index (χ1n) is 8.62. The predicted molar refractivity (Wildman–Crippen MR) is 90.9 cm³/mol. The number of benzene rings is 1. The van der Waals surface area contributed by atoms with Crippen LogP contribution in [0.1, 0.15) is 36.4 Å². The van der Waals surface area contributed by atoms with E-state index in [2.05, 4.69) is 9.62 Å². The van der Waals surface area contributed by atoms with Crippen molar-refractivity contribution in [2.45, 2.75) is 31.7 Å². The van der Waals surface area contributed by atoms with E-state index in [1.165, 1.54) is 12.1 Å². The van der Waals surface area contributed by atoms with Crippen molar-refractivity contribution in [2.75, 3.05) is 38.6 Å². The van der Waals surface area contributed by atoms with Crippen LogP contribution >= 0.6 is 0 Å². The van der Waals surface area contributed by atoms with Crippen molar-refractivity contribution in [2.24, 2.45) is 0 Å². The minimum absolute atomic E-state index is 0.103. The molecule has 134 valence electrons. The SMILES string of the molecule is O=S(=O)(CCCN1CCOCC1)N[C@H]1CCCc2ccc(F)cc21. The smallest absolute Gasteiger partial charge is 0.212 e. The summed E-state index contributed by atoms with van der Waals surface area (Å²) < 4.78 is 46.4. The van der Waals surface area contributed by atoms with Gasteiger partial charge < -0.3 is 4.74 Å². The highest BCUT2D eigenvalue weighted by Crippen LogP contribution is 2.30. The summed E-state index contributed by atoms with van der Waals surface area (Å²) in [6.45, 7) is 3.93. The minimum atomic E-state index is -3.37. The molecule has 0 radical (unpaired) electrons. The molecule has 1 N–H and O–H groups in total. The van der Waals surface area contributed by atoms with Crippen LogP contribution in [-0.2, 0) is 21.2 Å². The van der Waals surface area contributed by atoms with Gasteiger partial charge in [-0.05, 0) is 55.5 Å². The van der Waals surface area contributed by atoms with E-state index in [9.17, 15) is 12.8 Å². The summed E-state index contributed by atoms with van der Waals surface area (Å²) in [5.74, 6) is -0.210. The van der Waals surface area contributed by atoms with Crippen LogP contribution in [0.4, 0.5) is 4.39 Å². The molecule has 1 saturated heterocycles. The first kappa shape index (κ1) is 17.8. The predicted octanol–water partition coefficient (Wildman–Crippen LogP) is 1.84. The van der Waals surface area contributed by atoms with Crippen molar-refractivity contribution in [3.8, 4) is 0 Å². The zero-order valence-electron chi connectivity index (χ0n) is 13.8. The molecular formula is C17H25FN2O3S. The molecule has 0 bridgehead atoms. The van der Waals surface area contributed by atoms with Gasteiger partial charge in [-0.25, -0.2) is 17.5 Å². The van der Waals surface area contributed by atoms with E-state index in [-0.39, 0.29) is 17.6 Å². The molecule has 0 spiro atoms. The largest absolute Gasteiger partial charge is 0.379 e. The lowest BCUT2D eigenvalue weighted by atomic mass is 9.88. The number of rotatable bonds is 6. The molecule has 1 heterocycles. The van der Waals surface area contributed by atoms with Crippen molar-refractivity contribution in [1.82, 2.24) is 9.62 Å². The number of aryl methyl sites for hydroxylation is 1. The van der Waals surface area contributed by atoms with Gasteiger partial charge in [-0.2, -0.15) is 0 Å². The normalized spacial score (nSPS) is 22.3. The van der Waals surface area contributed by atoms with Gasteiger partial charge in [-0.1, -0.05) is 6.07 Å². The number of hydrogen-bond acceptors (Lipinski definition) is 4. The molecule has 24 heavy (non-hydrogen) atoms. The monoisotopic (exact) mass is 356 g/mol. The first-order chi connectivity index (χ1) is 11.5. The second-order valence-corrected chi connectivity index (χ2v) is 8.41. The third kappa shape index (κ3) is 4.75. The fraction of sp³-hybridized carbons (Fsp3) is 0.647. The van der Waals surface area contributed by atoms with Crippen LogP contribution in [0.2, 0.25) is 0 Å². The van der Waals surface area contributed by atoms with Gasteiger partial charge in [0.2, 0.25) is 10.0 Å². The van der Waals surface area contributed by atoms with Gasteiger partial charge in [0.25, 0.3) is 0 Å². The van der Waals surface area contributed by atoms with Crippen molar-refractivity contribution >= 4 is 10.0 Å². The number of hydrogen-bond donors (Lipinski definition) is 1. The van der Waals surface area contributed by atoms with E-state index >= 15 is 0 Å². The van der Waals surface area contributed by atoms with E-state index in [1.54, 1.807) is 6.07 Å². The van der Waals surface area contributed by atoms with Gasteiger partial charge >= 0.3 is 0 Å². The van der Waals surface area contributed by atoms with Gasteiger partial charge in [-0.15, -0.1) is 0 Å². The Labute approximate surface area is 143 Å². The Kier molecular flexibility index (Phi) is 5.86. The van der Waals surface area contributed by atoms with Crippen molar-refractivity contribution in [1.29, 1.82) is 0 Å². The maximum absolute atomic E-state index is 13.5. The number of ether oxygens (including phenoxy) is 1. The van der Waals surface area contributed by atoms with Crippen molar-refractivity contribution in [3.05, 3.63) is 35.1 Å². The number of nitrogens with one attached hydrogen (secondary N) is 1. The average Bonchev–Trinajstić information content (AvgIpc) is 2.56. The third-order valence-corrected chi connectivity index (χ3v) is 6.20. The molecule has 2 aliphatic rings. The van der Waals surface area contributed by atoms with Crippen LogP contribution in [0.25, 0.3) is 0 Å². The van der Waals surface area contributed by atoms with Crippen LogP contribution in [0.15, 0.2) is 18.2 Å². The summed E-state index contributed by atoms with van der Waals surface area (Å²) in [5, 5.41) is 0. The van der Waals surface area contributed by atoms with Crippen molar-refractivity contribution < 1.29 is 17.5 Å². The summed E-state index contributed by atoms with van der Waals surface area (Å²) in [4.78, 5) is 2.23. The zero-order chi connectivity index (χ0) is 17.0. The van der Waals surface area contributed by atoms with E-state index in [4.69, 9.17) is 4.74 Å². The lowest BCUT2D eigenvalue weighted by Gasteiger charge is -2.27. The highest BCUT2D eigenvalue weighted by molar-refractivity contribution is 7.89. The number of nitrogens with zero attached hydrogens (tertiary/aromatic N) is 1. The lowest BCUT2D eigenvalue weighted by molar-refractivity contribution is 0.0381. The summed E-state index contributed by atoms with van der Waals surface area (Å²) in [7, 11) is -3.37. The Bertz CT molecular complexity index is 660. The molecule has 1 aliphatic carbocycles. The van der Waals surface area contributed by atoms with E-state index < -0.39 is 10.0 Å². The number of morpholine rings is 1. The molecule has 3 rings (SSSR count). The number of sulfonamides is 1. The quantitative estimate of drug-likeness (QED) is 0.845. The van der Waals surface area contributed by atoms with E-state index in [0.717, 1.165) is 63.2 Å². The van der Waals surface area contributed by atoms with Crippen LogP contribution < -0.4 is 4.72 Å². The van der Waals surface area contributed by atoms with Gasteiger partial charge in [-0.3, -0.25) is 4.90 Å². The first-order valence-corrected chi connectivity index (χ1v) is 10.3. The zero-order valence-corrected chi connectivity index (χ0v) is 14.7. The van der Waals surface area contributed by atoms with Crippen LogP contribution in [0.3, 0.4) is 0 Å². The molecule has 1 atom stereocenters. The lowest BCUT2D eigenvalue weighted by Crippen LogP contribution is -2.38. The Morgan fingerprint density at radius 2 is 2.08 bits per heavy atom. The second kappa shape index (κ2) is 7.91. The Hall–Kier alpha value is -1.02. The fourth-order valence-corrected chi connectivity index (χ4v) is 4.78. The highest BCUT2D eigenvalue weighted by atomic mass is 32.2. The summed E-state index contributed by atoms with van der Waals surface area (Å²) in [6.07, 6.45) is 3.11. The standard InChI is InChI=1S/C17H25FN2O3S/c18-15-6-5-14-3-1-4-17(16(14)13-15)19-24(21,22)12-2-7-20-8-10-23-11-9-20/h5-6,13,17,19H,1-4,7-12H2/t17-/m0/s1. The molecule has 0 amide bonds. The molecule has 1 aliphatic heterocycles. The van der Waals surface area contributed by atoms with Crippen LogP contribution in [0, 0.1) is 5.82 Å². The van der Waals surface area contributed by atoms with Gasteiger partial charge in [0, 0.05) is 19.1 Å². The highest BCUT2D eigenvalue weighted by Gasteiger charge is 2.25. The summed E-state index contributed by atoms with van der Waals surface area (Å²) in [5.41, 5.74) is 1.83. The van der Waals surface area contributed by atoms with Crippen LogP contribution in [-0.4, -0.2) is 51.9 Å². The van der Waals surface area contributed by atoms with Gasteiger partial charge in [0.05, 0.1) is 19.0 Å². The maximum atomic E-state index is 13.5. The number of fused-ring (bicyclic) bond motifs is 1. The van der Waals surface area contributed by atoms with Gasteiger partial charge in [0.15, 0.2) is 0 Å². The molecule has 1 aromatic carbocycles. The second-order valence-electron chi connectivity index (χ2n) is 6.53. The maximum Gasteiger partial charge on any atom is 0.212 e. The number of halogens is 1. The molecule has 0 saturated carbocycles. The molecule has 7 heteroatoms. The van der Waals surface area contributed by atoms with Crippen LogP contribution in [0.5, 0.6) is 0 Å². The molecule has 0 aromatic heterocycles. The van der Waals surface area contributed by atoms with Gasteiger partial charge in [0.1, 0.15) is 5.82 Å². The fourth-order valence-electron chi connectivity index (χ4n) is 3.47. The molecular weight excluding hydrogens is 331 g/mol. The molecule has 0 unspecified atom stereocenters. The Morgan fingerprint density at radius 1 is 1.29 bits per heavy atom. The molecule has 5 nitrogen and oxygen atoms in total. The average molecular weight is 356 g/mol. The third-order valence-electron chi connectivity index (χ3n) is 4.74. The summed E-state index contributed by atoms with van der Waals surface area (Å²) >= 11 is 0. The van der Waals surface area contributed by atoms with E-state index in [1.807, 2.05) is 0 Å². The summed E-state index contributed by atoms with van der Waals surface area (Å²) in [6, 6.07) is 4.37. The minimum Gasteiger partial charge on any atom is -0.379 e. The van der Waals surface area contributed by atoms with Crippen molar-refractivity contribution in [3.63, 3.8) is 0 Å². The Morgan fingerprint density at radius 3 is 2.88 bits per heavy atom. The topological polar surface area (TPSA) is 58.6 Å². The van der Waals surface area contributed by atoms with E-state index in [0.29, 0.717) is 6.42 Å².